The Labute approximate surface area is 137 Å². The lowest BCUT2D eigenvalue weighted by Crippen LogP contribution is -2.39. The molecule has 1 aliphatic heterocycles. The quantitative estimate of drug-likeness (QED) is 0.913. The fourth-order valence-corrected chi connectivity index (χ4v) is 4.40. The molecule has 6 heteroatoms. The van der Waals surface area contributed by atoms with Crippen LogP contribution in [0.3, 0.4) is 0 Å². The molecule has 0 spiro atoms. The van der Waals surface area contributed by atoms with Gasteiger partial charge in [-0.15, -0.1) is 12.4 Å². The molecule has 0 fully saturated rings. The molecule has 2 aromatic rings. The highest BCUT2D eigenvalue weighted by Gasteiger charge is 2.29. The summed E-state index contributed by atoms with van der Waals surface area (Å²) < 4.78 is 27.5. The fourth-order valence-electron chi connectivity index (χ4n) is 2.61. The number of anilines is 2. The summed E-state index contributed by atoms with van der Waals surface area (Å²) in [5, 5.41) is 3.24. The molecule has 3 rings (SSSR count). The van der Waals surface area contributed by atoms with Crippen LogP contribution in [0.1, 0.15) is 11.1 Å². The van der Waals surface area contributed by atoms with E-state index < -0.39 is 10.0 Å². The first kappa shape index (κ1) is 16.6. The number of rotatable bonds is 2. The standard InChI is InChI=1S/C16H18N2O2S.ClH/c1-12-7-8-13(2)16(11-12)21(19,20)18-10-9-17-14-5-3-4-6-15(14)18;/h3-8,11,17H,9-10H2,1-2H3;1H. The first-order valence-corrected chi connectivity index (χ1v) is 8.37. The maximum absolute atomic E-state index is 13.0. The van der Waals surface area contributed by atoms with Crippen LogP contribution in [0.15, 0.2) is 47.4 Å². The summed E-state index contributed by atoms with van der Waals surface area (Å²) in [5.74, 6) is 0. The Bertz CT molecular complexity index is 790. The molecule has 0 atom stereocenters. The van der Waals surface area contributed by atoms with E-state index in [9.17, 15) is 8.42 Å². The van der Waals surface area contributed by atoms with Crippen LogP contribution >= 0.6 is 12.4 Å². The number of benzene rings is 2. The zero-order chi connectivity index (χ0) is 15.0. The molecule has 2 aromatic carbocycles. The van der Waals surface area contributed by atoms with Crippen molar-refractivity contribution in [2.45, 2.75) is 18.7 Å². The van der Waals surface area contributed by atoms with Gasteiger partial charge in [0.05, 0.1) is 22.8 Å². The largest absolute Gasteiger partial charge is 0.382 e. The molecule has 0 aliphatic carbocycles. The zero-order valence-electron chi connectivity index (χ0n) is 12.5. The molecular formula is C16H19ClN2O2S. The Hall–Kier alpha value is -1.72. The molecule has 0 saturated heterocycles. The molecule has 0 amide bonds. The van der Waals surface area contributed by atoms with Gasteiger partial charge in [0.15, 0.2) is 0 Å². The average molecular weight is 339 g/mol. The van der Waals surface area contributed by atoms with Crippen molar-refractivity contribution in [3.63, 3.8) is 0 Å². The number of nitrogens with one attached hydrogen (secondary N) is 1. The number of aryl methyl sites for hydroxylation is 2. The number of hydrogen-bond donors (Lipinski definition) is 1. The number of halogens is 1. The lowest BCUT2D eigenvalue weighted by atomic mass is 10.2. The summed E-state index contributed by atoms with van der Waals surface area (Å²) in [5.41, 5.74) is 3.29. The molecule has 4 nitrogen and oxygen atoms in total. The van der Waals surface area contributed by atoms with Crippen LogP contribution in [0.5, 0.6) is 0 Å². The van der Waals surface area contributed by atoms with E-state index >= 15 is 0 Å². The topological polar surface area (TPSA) is 49.4 Å². The molecule has 0 radical (unpaired) electrons. The molecule has 0 unspecified atom stereocenters. The van der Waals surface area contributed by atoms with Crippen molar-refractivity contribution in [2.24, 2.45) is 0 Å². The molecule has 22 heavy (non-hydrogen) atoms. The lowest BCUT2D eigenvalue weighted by Gasteiger charge is -2.31. The van der Waals surface area contributed by atoms with Crippen LogP contribution in [0.4, 0.5) is 11.4 Å². The summed E-state index contributed by atoms with van der Waals surface area (Å²) in [6.45, 7) is 4.79. The van der Waals surface area contributed by atoms with E-state index in [4.69, 9.17) is 0 Å². The fraction of sp³-hybridized carbons (Fsp3) is 0.250. The van der Waals surface area contributed by atoms with Gasteiger partial charge in [0.1, 0.15) is 0 Å². The van der Waals surface area contributed by atoms with Crippen LogP contribution in [-0.2, 0) is 10.0 Å². The van der Waals surface area contributed by atoms with Crippen molar-refractivity contribution in [3.05, 3.63) is 53.6 Å². The molecule has 1 aliphatic rings. The van der Waals surface area contributed by atoms with Crippen LogP contribution in [0, 0.1) is 13.8 Å². The number of para-hydroxylation sites is 2. The van der Waals surface area contributed by atoms with Gasteiger partial charge in [-0.05, 0) is 43.2 Å². The Morgan fingerprint density at radius 2 is 1.82 bits per heavy atom. The zero-order valence-corrected chi connectivity index (χ0v) is 14.2. The summed E-state index contributed by atoms with van der Waals surface area (Å²) in [4.78, 5) is 0.388. The molecule has 1 heterocycles. The second-order valence-corrected chi connectivity index (χ2v) is 7.12. The van der Waals surface area contributed by atoms with Crippen LogP contribution in [0.25, 0.3) is 0 Å². The first-order valence-electron chi connectivity index (χ1n) is 6.93. The van der Waals surface area contributed by atoms with Gasteiger partial charge in [0.2, 0.25) is 0 Å². The van der Waals surface area contributed by atoms with Gasteiger partial charge in [0.25, 0.3) is 10.0 Å². The molecule has 1 N–H and O–H groups in total. The highest BCUT2D eigenvalue weighted by molar-refractivity contribution is 7.93. The number of hydrogen-bond acceptors (Lipinski definition) is 3. The summed E-state index contributed by atoms with van der Waals surface area (Å²) in [6.07, 6.45) is 0. The molecule has 0 aromatic heterocycles. The Balaban J connectivity index is 0.00000176. The van der Waals surface area contributed by atoms with E-state index in [1.807, 2.05) is 50.2 Å². The number of fused-ring (bicyclic) bond motifs is 1. The third-order valence-corrected chi connectivity index (χ3v) is 5.67. The van der Waals surface area contributed by atoms with Gasteiger partial charge in [-0.3, -0.25) is 4.31 Å². The SMILES string of the molecule is Cc1ccc(C)c(S(=O)(=O)N2CCNc3ccccc32)c1.Cl. The van der Waals surface area contributed by atoms with Crippen molar-refractivity contribution in [3.8, 4) is 0 Å². The van der Waals surface area contributed by atoms with Crippen molar-refractivity contribution in [1.29, 1.82) is 0 Å². The molecule has 118 valence electrons. The minimum absolute atomic E-state index is 0. The van der Waals surface area contributed by atoms with Gasteiger partial charge in [0, 0.05) is 6.54 Å². The summed E-state index contributed by atoms with van der Waals surface area (Å²) >= 11 is 0. The van der Waals surface area contributed by atoms with E-state index in [2.05, 4.69) is 5.32 Å². The third kappa shape index (κ3) is 2.78. The second-order valence-electron chi connectivity index (χ2n) is 5.29. The van der Waals surface area contributed by atoms with Gasteiger partial charge in [-0.2, -0.15) is 0 Å². The van der Waals surface area contributed by atoms with Gasteiger partial charge in [-0.25, -0.2) is 8.42 Å². The van der Waals surface area contributed by atoms with E-state index in [1.54, 1.807) is 6.07 Å². The van der Waals surface area contributed by atoms with Crippen molar-refractivity contribution in [1.82, 2.24) is 0 Å². The molecule has 0 saturated carbocycles. The van der Waals surface area contributed by atoms with E-state index in [0.717, 1.165) is 16.8 Å². The minimum Gasteiger partial charge on any atom is -0.382 e. The third-order valence-electron chi connectivity index (χ3n) is 3.71. The van der Waals surface area contributed by atoms with Crippen LogP contribution in [0.2, 0.25) is 0 Å². The Morgan fingerprint density at radius 3 is 2.59 bits per heavy atom. The monoisotopic (exact) mass is 338 g/mol. The Kier molecular flexibility index (Phi) is 4.68. The second kappa shape index (κ2) is 6.18. The number of sulfonamides is 1. The highest BCUT2D eigenvalue weighted by atomic mass is 35.5. The van der Waals surface area contributed by atoms with Crippen molar-refractivity contribution >= 4 is 33.8 Å². The van der Waals surface area contributed by atoms with Gasteiger partial charge < -0.3 is 5.32 Å². The van der Waals surface area contributed by atoms with Gasteiger partial charge in [-0.1, -0.05) is 24.3 Å². The van der Waals surface area contributed by atoms with Crippen molar-refractivity contribution in [2.75, 3.05) is 22.7 Å². The summed E-state index contributed by atoms with van der Waals surface area (Å²) in [7, 11) is -3.54. The normalized spacial score (nSPS) is 13.8. The van der Waals surface area contributed by atoms with Crippen LogP contribution < -0.4 is 9.62 Å². The first-order chi connectivity index (χ1) is 10.00. The van der Waals surface area contributed by atoms with Crippen LogP contribution in [-0.4, -0.2) is 21.5 Å². The highest BCUT2D eigenvalue weighted by Crippen LogP contribution is 2.33. The summed E-state index contributed by atoms with van der Waals surface area (Å²) in [6, 6.07) is 13.0. The average Bonchev–Trinajstić information content (AvgIpc) is 2.49. The Morgan fingerprint density at radius 1 is 1.09 bits per heavy atom. The van der Waals surface area contributed by atoms with Gasteiger partial charge >= 0.3 is 0 Å². The van der Waals surface area contributed by atoms with E-state index in [1.165, 1.54) is 4.31 Å². The smallest absolute Gasteiger partial charge is 0.264 e. The molecular weight excluding hydrogens is 320 g/mol. The predicted octanol–water partition coefficient (Wildman–Crippen LogP) is 3.35. The molecule has 0 bridgehead atoms. The minimum atomic E-state index is -3.54. The maximum Gasteiger partial charge on any atom is 0.264 e. The number of nitrogens with zero attached hydrogens (tertiary/aromatic N) is 1. The van der Waals surface area contributed by atoms with E-state index in [-0.39, 0.29) is 12.4 Å². The van der Waals surface area contributed by atoms with E-state index in [0.29, 0.717) is 23.7 Å². The van der Waals surface area contributed by atoms with Crippen molar-refractivity contribution < 1.29 is 8.42 Å². The predicted molar refractivity (Wildman–Crippen MR) is 92.6 cm³/mol. The maximum atomic E-state index is 13.0. The lowest BCUT2D eigenvalue weighted by molar-refractivity contribution is 0.590.